The Kier molecular flexibility index (Phi) is 8.17. The zero-order valence-corrected chi connectivity index (χ0v) is 18.4. The van der Waals surface area contributed by atoms with Crippen LogP contribution in [-0.4, -0.2) is 61.7 Å². The summed E-state index contributed by atoms with van der Waals surface area (Å²) >= 11 is 5.99. The van der Waals surface area contributed by atoms with Crippen LogP contribution >= 0.6 is 11.6 Å². The fraction of sp³-hybridized carbons (Fsp3) is 0.500. The van der Waals surface area contributed by atoms with Crippen molar-refractivity contribution < 1.29 is 23.9 Å². The first-order valence-corrected chi connectivity index (χ1v) is 11.0. The molecule has 0 radical (unpaired) electrons. The highest BCUT2D eigenvalue weighted by molar-refractivity contribution is 6.30. The van der Waals surface area contributed by atoms with Crippen LogP contribution in [-0.2, 0) is 14.3 Å². The Morgan fingerprint density at radius 2 is 2.03 bits per heavy atom. The Labute approximate surface area is 186 Å². The molecule has 1 aromatic carbocycles. The zero-order chi connectivity index (χ0) is 22.2. The largest absolute Gasteiger partial charge is 0.488 e. The van der Waals surface area contributed by atoms with E-state index in [1.165, 1.54) is 0 Å². The molecule has 0 spiro atoms. The van der Waals surface area contributed by atoms with Gasteiger partial charge in [0.1, 0.15) is 12.4 Å². The number of piperidine rings is 1. The molecule has 3 amide bonds. The van der Waals surface area contributed by atoms with Crippen LogP contribution in [0.25, 0.3) is 6.08 Å². The second-order valence-corrected chi connectivity index (χ2v) is 7.96. The number of halogens is 1. The minimum Gasteiger partial charge on any atom is -0.488 e. The lowest BCUT2D eigenvalue weighted by Gasteiger charge is -2.31. The van der Waals surface area contributed by atoms with Gasteiger partial charge in [-0.1, -0.05) is 11.6 Å². The predicted octanol–water partition coefficient (Wildman–Crippen LogP) is 2.75. The molecule has 2 aliphatic rings. The van der Waals surface area contributed by atoms with Crippen molar-refractivity contribution in [2.24, 2.45) is 0 Å². The van der Waals surface area contributed by atoms with E-state index in [4.69, 9.17) is 21.1 Å². The van der Waals surface area contributed by atoms with Crippen molar-refractivity contribution >= 4 is 35.6 Å². The van der Waals surface area contributed by atoms with E-state index in [0.717, 1.165) is 5.56 Å². The molecule has 0 bridgehead atoms. The maximum absolute atomic E-state index is 12.4. The van der Waals surface area contributed by atoms with Gasteiger partial charge in [-0.15, -0.1) is 0 Å². The van der Waals surface area contributed by atoms with E-state index in [-0.39, 0.29) is 30.6 Å². The topological polar surface area (TPSA) is 97.0 Å². The minimum absolute atomic E-state index is 0.0485. The van der Waals surface area contributed by atoms with E-state index in [9.17, 15) is 14.4 Å². The van der Waals surface area contributed by atoms with Gasteiger partial charge in [0.15, 0.2) is 0 Å². The lowest BCUT2D eigenvalue weighted by atomic mass is 10.1. The molecule has 1 aromatic rings. The van der Waals surface area contributed by atoms with E-state index in [1.807, 2.05) is 0 Å². The number of amides is 3. The highest BCUT2D eigenvalue weighted by Crippen LogP contribution is 2.28. The second-order valence-electron chi connectivity index (χ2n) is 7.53. The molecule has 31 heavy (non-hydrogen) atoms. The third-order valence-corrected chi connectivity index (χ3v) is 5.46. The van der Waals surface area contributed by atoms with E-state index < -0.39 is 0 Å². The maximum Gasteiger partial charge on any atom is 0.409 e. The monoisotopic (exact) mass is 449 g/mol. The summed E-state index contributed by atoms with van der Waals surface area (Å²) in [6, 6.07) is 5.34. The molecule has 2 N–H and O–H groups in total. The number of nitrogens with one attached hydrogen (secondary N) is 2. The smallest absolute Gasteiger partial charge is 0.409 e. The first kappa shape index (κ1) is 22.9. The summed E-state index contributed by atoms with van der Waals surface area (Å²) in [5, 5.41) is 6.41. The number of likely N-dealkylation sites (tertiary alicyclic amines) is 1. The quantitative estimate of drug-likeness (QED) is 0.624. The van der Waals surface area contributed by atoms with Crippen LogP contribution in [0, 0.1) is 0 Å². The van der Waals surface area contributed by atoms with Gasteiger partial charge in [0.25, 0.3) is 5.91 Å². The van der Waals surface area contributed by atoms with Gasteiger partial charge in [-0.05, 0) is 50.5 Å². The third kappa shape index (κ3) is 6.62. The molecule has 1 fully saturated rings. The highest BCUT2D eigenvalue weighted by atomic mass is 35.5. The van der Waals surface area contributed by atoms with Gasteiger partial charge in [0, 0.05) is 42.7 Å². The van der Waals surface area contributed by atoms with Crippen molar-refractivity contribution in [2.45, 2.75) is 38.6 Å². The summed E-state index contributed by atoms with van der Waals surface area (Å²) in [6.07, 6.45) is 3.76. The third-order valence-electron chi connectivity index (χ3n) is 5.23. The normalized spacial score (nSPS) is 15.9. The fourth-order valence-corrected chi connectivity index (χ4v) is 3.75. The first-order chi connectivity index (χ1) is 15.0. The van der Waals surface area contributed by atoms with E-state index in [0.29, 0.717) is 68.3 Å². The molecule has 0 aliphatic carbocycles. The molecular formula is C22H28ClN3O5. The van der Waals surface area contributed by atoms with Gasteiger partial charge in [0.2, 0.25) is 5.91 Å². The van der Waals surface area contributed by atoms with Crippen LogP contribution in [0.2, 0.25) is 5.02 Å². The summed E-state index contributed by atoms with van der Waals surface area (Å²) in [6.45, 7) is 3.88. The van der Waals surface area contributed by atoms with E-state index in [2.05, 4.69) is 10.6 Å². The molecule has 0 saturated carbocycles. The molecule has 8 nitrogen and oxygen atoms in total. The molecule has 168 valence electrons. The van der Waals surface area contributed by atoms with Gasteiger partial charge >= 0.3 is 6.09 Å². The molecule has 0 unspecified atom stereocenters. The van der Waals surface area contributed by atoms with Gasteiger partial charge in [-0.3, -0.25) is 9.59 Å². The molecular weight excluding hydrogens is 422 g/mol. The SMILES string of the molecule is CCOC(=O)N1CCC(NC(=O)CCCNC(=O)C2=Cc3cc(Cl)ccc3OC2)CC1. The van der Waals surface area contributed by atoms with Crippen molar-refractivity contribution in [1.82, 2.24) is 15.5 Å². The van der Waals surface area contributed by atoms with E-state index in [1.54, 1.807) is 36.1 Å². The summed E-state index contributed by atoms with van der Waals surface area (Å²) in [4.78, 5) is 37.9. The van der Waals surface area contributed by atoms with Crippen LogP contribution < -0.4 is 15.4 Å². The summed E-state index contributed by atoms with van der Waals surface area (Å²) < 4.78 is 10.6. The standard InChI is InChI=1S/C22H28ClN3O5/c1-2-30-22(29)26-10-7-18(8-11-26)25-20(27)4-3-9-24-21(28)16-12-15-13-17(23)5-6-19(15)31-14-16/h5-6,12-13,18H,2-4,7-11,14H2,1H3,(H,24,28)(H,25,27). The number of ether oxygens (including phenoxy) is 2. The average molecular weight is 450 g/mol. The first-order valence-electron chi connectivity index (χ1n) is 10.6. The minimum atomic E-state index is -0.298. The molecule has 2 heterocycles. The van der Waals surface area contributed by atoms with Crippen LogP contribution in [0.4, 0.5) is 4.79 Å². The summed E-state index contributed by atoms with van der Waals surface area (Å²) in [5.74, 6) is 0.440. The number of fused-ring (bicyclic) bond motifs is 1. The number of hydrogen-bond donors (Lipinski definition) is 2. The maximum atomic E-state index is 12.4. The van der Waals surface area contributed by atoms with Gasteiger partial charge in [-0.25, -0.2) is 4.79 Å². The number of rotatable bonds is 7. The van der Waals surface area contributed by atoms with Gasteiger partial charge < -0.3 is 25.0 Å². The van der Waals surface area contributed by atoms with Gasteiger partial charge in [0.05, 0.1) is 12.2 Å². The highest BCUT2D eigenvalue weighted by Gasteiger charge is 2.24. The van der Waals surface area contributed by atoms with Crippen molar-refractivity contribution in [2.75, 3.05) is 32.8 Å². The molecule has 9 heteroatoms. The van der Waals surface area contributed by atoms with Crippen molar-refractivity contribution in [3.63, 3.8) is 0 Å². The Bertz CT molecular complexity index is 850. The molecule has 3 rings (SSSR count). The predicted molar refractivity (Wildman–Crippen MR) is 117 cm³/mol. The molecule has 0 atom stereocenters. The van der Waals surface area contributed by atoms with Crippen LogP contribution in [0.5, 0.6) is 5.75 Å². The summed E-state index contributed by atoms with van der Waals surface area (Å²) in [7, 11) is 0. The van der Waals surface area contributed by atoms with Crippen molar-refractivity contribution in [3.05, 3.63) is 34.4 Å². The number of hydrogen-bond acceptors (Lipinski definition) is 5. The van der Waals surface area contributed by atoms with E-state index >= 15 is 0 Å². The van der Waals surface area contributed by atoms with Crippen molar-refractivity contribution in [1.29, 1.82) is 0 Å². The van der Waals surface area contributed by atoms with Crippen LogP contribution in [0.15, 0.2) is 23.8 Å². The number of nitrogens with zero attached hydrogens (tertiary/aromatic N) is 1. The fourth-order valence-electron chi connectivity index (χ4n) is 3.56. The molecule has 2 aliphatic heterocycles. The Morgan fingerprint density at radius 3 is 2.77 bits per heavy atom. The molecule has 1 saturated heterocycles. The molecule has 0 aromatic heterocycles. The lowest BCUT2D eigenvalue weighted by molar-refractivity contribution is -0.122. The zero-order valence-electron chi connectivity index (χ0n) is 17.6. The van der Waals surface area contributed by atoms with Crippen molar-refractivity contribution in [3.8, 4) is 5.75 Å². The second kappa shape index (κ2) is 11.0. The van der Waals surface area contributed by atoms with Gasteiger partial charge in [-0.2, -0.15) is 0 Å². The number of benzene rings is 1. The Balaban J connectivity index is 1.33. The number of carbonyl (C=O) groups is 3. The Hall–Kier alpha value is -2.74. The lowest BCUT2D eigenvalue weighted by Crippen LogP contribution is -2.46. The Morgan fingerprint density at radius 1 is 1.26 bits per heavy atom. The summed E-state index contributed by atoms with van der Waals surface area (Å²) in [5.41, 5.74) is 1.30. The average Bonchev–Trinajstić information content (AvgIpc) is 2.76. The number of carbonyl (C=O) groups excluding carboxylic acids is 3. The van der Waals surface area contributed by atoms with Crippen LogP contribution in [0.3, 0.4) is 0 Å². The van der Waals surface area contributed by atoms with Crippen LogP contribution in [0.1, 0.15) is 38.2 Å².